The van der Waals surface area contributed by atoms with Gasteiger partial charge in [-0.1, -0.05) is 0 Å². The Labute approximate surface area is 109 Å². The van der Waals surface area contributed by atoms with Crippen molar-refractivity contribution in [2.24, 2.45) is 0 Å². The number of nitrogens with zero attached hydrogens (tertiary/aromatic N) is 3. The van der Waals surface area contributed by atoms with Crippen LogP contribution in [0.25, 0.3) is 11.0 Å². The van der Waals surface area contributed by atoms with Crippen LogP contribution in [0.15, 0.2) is 12.1 Å². The Morgan fingerprint density at radius 1 is 1.33 bits per heavy atom. The van der Waals surface area contributed by atoms with Crippen molar-refractivity contribution in [2.75, 3.05) is 20.6 Å². The van der Waals surface area contributed by atoms with E-state index < -0.39 is 11.6 Å². The molecule has 1 aromatic carbocycles. The number of likely N-dealkylation sites (N-methyl/N-ethyl adjacent to an activating group) is 1. The number of imidazole rings is 1. The monoisotopic (exact) mass is 273 g/mol. The zero-order chi connectivity index (χ0) is 13.3. The van der Waals surface area contributed by atoms with Gasteiger partial charge in [-0.3, -0.25) is 0 Å². The fourth-order valence-corrected chi connectivity index (χ4v) is 2.05. The average molecular weight is 274 g/mol. The van der Waals surface area contributed by atoms with Crippen molar-refractivity contribution in [3.63, 3.8) is 0 Å². The highest BCUT2D eigenvalue weighted by Crippen LogP contribution is 2.21. The van der Waals surface area contributed by atoms with Crippen LogP contribution in [0.4, 0.5) is 8.78 Å². The molecule has 0 N–H and O–H groups in total. The molecule has 2 rings (SSSR count). The lowest BCUT2D eigenvalue weighted by Gasteiger charge is -2.12. The molecule has 0 radical (unpaired) electrons. The molecule has 0 atom stereocenters. The van der Waals surface area contributed by atoms with Crippen LogP contribution >= 0.6 is 11.6 Å². The van der Waals surface area contributed by atoms with E-state index in [4.69, 9.17) is 11.6 Å². The number of aromatic nitrogens is 2. The molecule has 18 heavy (non-hydrogen) atoms. The minimum absolute atomic E-state index is 0.170. The maximum Gasteiger partial charge on any atom is 0.153 e. The van der Waals surface area contributed by atoms with Gasteiger partial charge in [0.15, 0.2) is 5.82 Å². The molecule has 1 aromatic heterocycles. The smallest absolute Gasteiger partial charge is 0.153 e. The van der Waals surface area contributed by atoms with Crippen LogP contribution in [0, 0.1) is 11.6 Å². The van der Waals surface area contributed by atoms with E-state index in [1.807, 2.05) is 19.0 Å². The van der Waals surface area contributed by atoms with Crippen molar-refractivity contribution in [1.29, 1.82) is 0 Å². The molecule has 6 heteroatoms. The third-order valence-electron chi connectivity index (χ3n) is 2.74. The van der Waals surface area contributed by atoms with E-state index in [1.54, 1.807) is 4.57 Å². The van der Waals surface area contributed by atoms with E-state index in [2.05, 4.69) is 4.98 Å². The van der Waals surface area contributed by atoms with Gasteiger partial charge in [-0.15, -0.1) is 11.6 Å². The van der Waals surface area contributed by atoms with Crippen molar-refractivity contribution in [1.82, 2.24) is 14.5 Å². The summed E-state index contributed by atoms with van der Waals surface area (Å²) in [6.07, 6.45) is 0. The fourth-order valence-electron chi connectivity index (χ4n) is 1.85. The molecule has 3 nitrogen and oxygen atoms in total. The highest BCUT2D eigenvalue weighted by atomic mass is 35.5. The summed E-state index contributed by atoms with van der Waals surface area (Å²) in [5, 5.41) is 0. The Kier molecular flexibility index (Phi) is 3.82. The quantitative estimate of drug-likeness (QED) is 0.799. The highest BCUT2D eigenvalue weighted by Gasteiger charge is 2.14. The van der Waals surface area contributed by atoms with Gasteiger partial charge in [0, 0.05) is 19.2 Å². The van der Waals surface area contributed by atoms with Crippen molar-refractivity contribution >= 4 is 22.6 Å². The van der Waals surface area contributed by atoms with Crippen molar-refractivity contribution in [3.8, 4) is 0 Å². The molecule has 98 valence electrons. The summed E-state index contributed by atoms with van der Waals surface area (Å²) < 4.78 is 28.6. The zero-order valence-electron chi connectivity index (χ0n) is 10.3. The highest BCUT2D eigenvalue weighted by molar-refractivity contribution is 6.16. The number of hydrogen-bond acceptors (Lipinski definition) is 2. The molecule has 2 aromatic rings. The number of fused-ring (bicyclic) bond motifs is 1. The minimum atomic E-state index is -0.653. The minimum Gasteiger partial charge on any atom is -0.326 e. The average Bonchev–Trinajstić information content (AvgIpc) is 2.64. The first-order valence-electron chi connectivity index (χ1n) is 5.57. The molecule has 0 bridgehead atoms. The largest absolute Gasteiger partial charge is 0.326 e. The molecule has 0 aliphatic rings. The summed E-state index contributed by atoms with van der Waals surface area (Å²) >= 11 is 5.80. The SMILES string of the molecule is CN(C)CCn1c(CCl)nc2c(F)cc(F)cc21. The first-order valence-corrected chi connectivity index (χ1v) is 6.11. The molecule has 1 heterocycles. The van der Waals surface area contributed by atoms with Gasteiger partial charge in [-0.2, -0.15) is 0 Å². The third-order valence-corrected chi connectivity index (χ3v) is 2.98. The second-order valence-corrected chi connectivity index (χ2v) is 4.64. The molecule has 0 amide bonds. The summed E-state index contributed by atoms with van der Waals surface area (Å²) in [5.41, 5.74) is 0.621. The summed E-state index contributed by atoms with van der Waals surface area (Å²) in [4.78, 5) is 6.11. The van der Waals surface area contributed by atoms with Crippen LogP contribution in [0.5, 0.6) is 0 Å². The maximum absolute atomic E-state index is 13.6. The van der Waals surface area contributed by atoms with Crippen molar-refractivity contribution < 1.29 is 8.78 Å². The van der Waals surface area contributed by atoms with Gasteiger partial charge in [0.25, 0.3) is 0 Å². The number of rotatable bonds is 4. The zero-order valence-corrected chi connectivity index (χ0v) is 11.0. The standard InChI is InChI=1S/C12H14ClF2N3/c1-17(2)3-4-18-10-6-8(14)5-9(15)12(10)16-11(18)7-13/h5-6H,3-4,7H2,1-2H3. The number of alkyl halides is 1. The molecule has 0 aliphatic carbocycles. The molecule has 0 spiro atoms. The molecular formula is C12H14ClF2N3. The topological polar surface area (TPSA) is 21.1 Å². The van der Waals surface area contributed by atoms with Gasteiger partial charge in [0.05, 0.1) is 11.4 Å². The van der Waals surface area contributed by atoms with Crippen LogP contribution in [-0.4, -0.2) is 35.1 Å². The second-order valence-electron chi connectivity index (χ2n) is 4.37. The Hall–Kier alpha value is -1.20. The van der Waals surface area contributed by atoms with E-state index in [0.717, 1.165) is 12.6 Å². The number of halogens is 3. The fraction of sp³-hybridized carbons (Fsp3) is 0.417. The molecule has 0 saturated heterocycles. The van der Waals surface area contributed by atoms with Gasteiger partial charge in [-0.25, -0.2) is 13.8 Å². The van der Waals surface area contributed by atoms with E-state index in [9.17, 15) is 8.78 Å². The Balaban J connectivity index is 2.54. The van der Waals surface area contributed by atoms with Crippen molar-refractivity contribution in [2.45, 2.75) is 12.4 Å². The van der Waals surface area contributed by atoms with Crippen LogP contribution in [0.1, 0.15) is 5.82 Å². The Bertz CT molecular complexity index is 566. The Morgan fingerprint density at radius 2 is 2.06 bits per heavy atom. The van der Waals surface area contributed by atoms with E-state index >= 15 is 0 Å². The van der Waals surface area contributed by atoms with Gasteiger partial charge >= 0.3 is 0 Å². The number of benzene rings is 1. The third kappa shape index (κ3) is 2.47. The van der Waals surface area contributed by atoms with Crippen LogP contribution in [-0.2, 0) is 12.4 Å². The summed E-state index contributed by atoms with van der Waals surface area (Å²) in [5.74, 6) is -0.534. The summed E-state index contributed by atoms with van der Waals surface area (Å²) in [6.45, 7) is 1.34. The lowest BCUT2D eigenvalue weighted by atomic mass is 10.3. The number of hydrogen-bond donors (Lipinski definition) is 0. The molecule has 0 fully saturated rings. The van der Waals surface area contributed by atoms with Gasteiger partial charge in [-0.05, 0) is 20.2 Å². The van der Waals surface area contributed by atoms with Crippen LogP contribution in [0.3, 0.4) is 0 Å². The first kappa shape index (κ1) is 13.2. The lowest BCUT2D eigenvalue weighted by molar-refractivity contribution is 0.384. The van der Waals surface area contributed by atoms with Gasteiger partial charge in [0.2, 0.25) is 0 Å². The van der Waals surface area contributed by atoms with Gasteiger partial charge in [0.1, 0.15) is 17.2 Å². The summed E-state index contributed by atoms with van der Waals surface area (Å²) in [7, 11) is 3.86. The molecule has 0 saturated carbocycles. The summed E-state index contributed by atoms with van der Waals surface area (Å²) in [6, 6.07) is 2.13. The molecular weight excluding hydrogens is 260 g/mol. The second kappa shape index (κ2) is 5.20. The predicted molar refractivity (Wildman–Crippen MR) is 67.8 cm³/mol. The predicted octanol–water partition coefficient (Wildman–Crippen LogP) is 2.61. The molecule has 0 aliphatic heterocycles. The van der Waals surface area contributed by atoms with E-state index in [0.29, 0.717) is 17.9 Å². The van der Waals surface area contributed by atoms with Crippen molar-refractivity contribution in [3.05, 3.63) is 29.6 Å². The first-order chi connectivity index (χ1) is 8.52. The molecule has 0 unspecified atom stereocenters. The Morgan fingerprint density at radius 3 is 2.67 bits per heavy atom. The lowest BCUT2D eigenvalue weighted by Crippen LogP contribution is -2.19. The normalized spacial score (nSPS) is 11.7. The maximum atomic E-state index is 13.6. The van der Waals surface area contributed by atoms with Gasteiger partial charge < -0.3 is 9.47 Å². The van der Waals surface area contributed by atoms with E-state index in [-0.39, 0.29) is 11.4 Å². The van der Waals surface area contributed by atoms with E-state index in [1.165, 1.54) is 6.07 Å². The van der Waals surface area contributed by atoms with Crippen LogP contribution < -0.4 is 0 Å². The van der Waals surface area contributed by atoms with Crippen LogP contribution in [0.2, 0.25) is 0 Å².